The van der Waals surface area contributed by atoms with Crippen LogP contribution in [0.3, 0.4) is 0 Å². The predicted molar refractivity (Wildman–Crippen MR) is 97.5 cm³/mol. The van der Waals surface area contributed by atoms with Crippen LogP contribution in [-0.4, -0.2) is 23.4 Å². The Hall–Kier alpha value is -0.311. The molecule has 0 aliphatic rings. The van der Waals surface area contributed by atoms with Gasteiger partial charge in [-0.15, -0.1) is 0 Å². The Morgan fingerprint density at radius 2 is 1.86 bits per heavy atom. The van der Waals surface area contributed by atoms with E-state index in [9.17, 15) is 0 Å². The van der Waals surface area contributed by atoms with Gasteiger partial charge < -0.3 is 0 Å². The van der Waals surface area contributed by atoms with E-state index in [1.807, 2.05) is 6.20 Å². The Balaban J connectivity index is 2.88. The fraction of sp³-hybridized carbons (Fsp3) is 0.632. The van der Waals surface area contributed by atoms with Gasteiger partial charge in [0, 0.05) is 0 Å². The molecule has 0 spiro atoms. The molecule has 118 valence electrons. The third-order valence-electron chi connectivity index (χ3n) is 4.79. The van der Waals surface area contributed by atoms with Crippen molar-refractivity contribution in [3.8, 4) is 0 Å². The van der Waals surface area contributed by atoms with Gasteiger partial charge in [0.2, 0.25) is 0 Å². The summed E-state index contributed by atoms with van der Waals surface area (Å²) in [6.07, 6.45) is 10.6. The standard InChI is InChI=1S/C9H12N.2C4H9.C2H3.Sn/c1-3-8(2)9-5-4-6-10-7-9;2*1-3-4-2;1-2;/h4-8H,2-3H2,1H3;2*1,3-4H2,2H3;1H,2H2;. The maximum absolute atomic E-state index is 4.33. The van der Waals surface area contributed by atoms with Crippen molar-refractivity contribution in [2.75, 3.05) is 0 Å². The summed E-state index contributed by atoms with van der Waals surface area (Å²) in [4.78, 5) is 4.33. The van der Waals surface area contributed by atoms with Crippen molar-refractivity contribution in [1.29, 1.82) is 0 Å². The van der Waals surface area contributed by atoms with Crippen LogP contribution in [-0.2, 0) is 0 Å². The molecule has 0 aliphatic heterocycles. The van der Waals surface area contributed by atoms with E-state index in [1.54, 1.807) is 0 Å². The summed E-state index contributed by atoms with van der Waals surface area (Å²) in [5.41, 5.74) is 1.44. The second-order valence-corrected chi connectivity index (χ2v) is 19.3. The Labute approximate surface area is 136 Å². The van der Waals surface area contributed by atoms with Gasteiger partial charge in [0.25, 0.3) is 0 Å². The second-order valence-electron chi connectivity index (χ2n) is 6.37. The number of unbranched alkanes of at least 4 members (excludes halogenated alkanes) is 2. The Kier molecular flexibility index (Phi) is 9.30. The first kappa shape index (κ1) is 18.7. The molecule has 0 amide bonds. The molecule has 1 atom stereocenters. The average molecular weight is 394 g/mol. The summed E-state index contributed by atoms with van der Waals surface area (Å²) >= 11 is -2.19. The van der Waals surface area contributed by atoms with E-state index in [2.05, 4.69) is 54.8 Å². The number of aromatic nitrogens is 1. The molecule has 1 unspecified atom stereocenters. The molecule has 1 rings (SSSR count). The molecule has 1 heterocycles. The number of hydrogen-bond acceptors (Lipinski definition) is 1. The number of hydrogen-bond donors (Lipinski definition) is 0. The molecule has 0 aromatic carbocycles. The molecule has 21 heavy (non-hydrogen) atoms. The molecule has 0 saturated heterocycles. The van der Waals surface area contributed by atoms with Gasteiger partial charge in [-0.25, -0.2) is 0 Å². The van der Waals surface area contributed by atoms with Crippen LogP contribution in [0, 0.1) is 0 Å². The van der Waals surface area contributed by atoms with Crippen LogP contribution in [0.2, 0.25) is 13.3 Å². The van der Waals surface area contributed by atoms with Gasteiger partial charge in [0.05, 0.1) is 0 Å². The van der Waals surface area contributed by atoms with Crippen LogP contribution in [0.5, 0.6) is 0 Å². The van der Waals surface area contributed by atoms with Crippen molar-refractivity contribution in [3.05, 3.63) is 40.8 Å². The molecule has 2 heteroatoms. The average Bonchev–Trinajstić information content (AvgIpc) is 2.55. The van der Waals surface area contributed by atoms with E-state index in [0.717, 1.165) is 0 Å². The first-order valence-electron chi connectivity index (χ1n) is 8.74. The van der Waals surface area contributed by atoms with Crippen molar-refractivity contribution in [1.82, 2.24) is 4.98 Å². The first-order chi connectivity index (χ1) is 10.2. The van der Waals surface area contributed by atoms with Crippen LogP contribution in [0.4, 0.5) is 0 Å². The van der Waals surface area contributed by atoms with Gasteiger partial charge in [-0.2, -0.15) is 0 Å². The molecule has 1 aromatic rings. The Morgan fingerprint density at radius 1 is 1.19 bits per heavy atom. The van der Waals surface area contributed by atoms with Crippen molar-refractivity contribution in [2.24, 2.45) is 0 Å². The Morgan fingerprint density at radius 3 is 2.29 bits per heavy atom. The number of nitrogens with zero attached hydrogens (tertiary/aromatic N) is 1. The van der Waals surface area contributed by atoms with Crippen molar-refractivity contribution in [3.63, 3.8) is 0 Å². The topological polar surface area (TPSA) is 12.9 Å². The summed E-state index contributed by atoms with van der Waals surface area (Å²) in [5.74, 6) is 0.696. The van der Waals surface area contributed by atoms with Crippen LogP contribution < -0.4 is 0 Å². The zero-order valence-corrected chi connectivity index (χ0v) is 17.1. The van der Waals surface area contributed by atoms with Crippen molar-refractivity contribution in [2.45, 2.75) is 72.1 Å². The summed E-state index contributed by atoms with van der Waals surface area (Å²) in [5, 5.41) is 0. The van der Waals surface area contributed by atoms with Gasteiger partial charge in [-0.1, -0.05) is 0 Å². The van der Waals surface area contributed by atoms with Gasteiger partial charge >= 0.3 is 136 Å². The molecule has 0 fully saturated rings. The quantitative estimate of drug-likeness (QED) is 0.399. The van der Waals surface area contributed by atoms with Gasteiger partial charge in [0.15, 0.2) is 0 Å². The van der Waals surface area contributed by atoms with E-state index in [-0.39, 0.29) is 0 Å². The van der Waals surface area contributed by atoms with E-state index in [0.29, 0.717) is 5.92 Å². The summed E-state index contributed by atoms with van der Waals surface area (Å²) in [7, 11) is 0. The normalized spacial score (nSPS) is 13.1. The van der Waals surface area contributed by atoms with Gasteiger partial charge in [0.1, 0.15) is 0 Å². The number of pyridine rings is 1. The van der Waals surface area contributed by atoms with Crippen LogP contribution in [0.25, 0.3) is 0 Å². The van der Waals surface area contributed by atoms with E-state index in [1.165, 1.54) is 51.0 Å². The zero-order chi connectivity index (χ0) is 15.6. The third kappa shape index (κ3) is 6.13. The first-order valence-corrected chi connectivity index (χ1v) is 16.4. The van der Waals surface area contributed by atoms with E-state index >= 15 is 0 Å². The van der Waals surface area contributed by atoms with Crippen LogP contribution >= 0.6 is 0 Å². The van der Waals surface area contributed by atoms with Crippen LogP contribution in [0.15, 0.2) is 35.2 Å². The van der Waals surface area contributed by atoms with Gasteiger partial charge in [-0.3, -0.25) is 0 Å². The van der Waals surface area contributed by atoms with Crippen molar-refractivity contribution < 1.29 is 0 Å². The summed E-state index contributed by atoms with van der Waals surface area (Å²) in [6, 6.07) is 4.35. The second kappa shape index (κ2) is 10.4. The minimum atomic E-state index is -2.19. The fourth-order valence-corrected chi connectivity index (χ4v) is 17.1. The zero-order valence-electron chi connectivity index (χ0n) is 14.3. The fourth-order valence-electron chi connectivity index (χ4n) is 3.28. The van der Waals surface area contributed by atoms with Gasteiger partial charge in [-0.05, 0) is 0 Å². The Bertz CT molecular complexity index is 380. The molecule has 1 nitrogen and oxygen atoms in total. The molecular formula is C19H33NSn. The molecule has 0 bridgehead atoms. The predicted octanol–water partition coefficient (Wildman–Crippen LogP) is 6.35. The molecular weight excluding hydrogens is 361 g/mol. The molecule has 0 aliphatic carbocycles. The maximum atomic E-state index is 4.33. The number of rotatable bonds is 11. The minimum absolute atomic E-state index is 0.696. The van der Waals surface area contributed by atoms with Crippen molar-refractivity contribution >= 4 is 18.4 Å². The SMILES string of the molecule is C=[CH][Sn]([CH2]CCC)([CH2]CCC)[CH2]C(CC)c1cccnc1. The molecule has 0 radical (unpaired) electrons. The van der Waals surface area contributed by atoms with Crippen LogP contribution in [0.1, 0.15) is 64.4 Å². The summed E-state index contributed by atoms with van der Waals surface area (Å²) in [6.45, 7) is 11.3. The molecule has 0 N–H and O–H groups in total. The van der Waals surface area contributed by atoms with E-state index in [4.69, 9.17) is 0 Å². The molecule has 1 aromatic heterocycles. The monoisotopic (exact) mass is 395 g/mol. The molecule has 0 saturated carbocycles. The third-order valence-corrected chi connectivity index (χ3v) is 18.7. The summed E-state index contributed by atoms with van der Waals surface area (Å²) < 4.78 is 6.89. The van der Waals surface area contributed by atoms with E-state index < -0.39 is 18.4 Å².